The molecule has 0 unspecified atom stereocenters. The topological polar surface area (TPSA) is 87.7 Å². The number of carbonyl (C=O) groups is 1. The van der Waals surface area contributed by atoms with Crippen molar-refractivity contribution in [3.8, 4) is 11.1 Å². The third-order valence-corrected chi connectivity index (χ3v) is 8.11. The zero-order chi connectivity index (χ0) is 23.8. The van der Waals surface area contributed by atoms with Crippen LogP contribution in [-0.4, -0.2) is 26.6 Å². The highest BCUT2D eigenvalue weighted by Crippen LogP contribution is 2.32. The molecule has 2 N–H and O–H groups in total. The van der Waals surface area contributed by atoms with Crippen molar-refractivity contribution in [1.29, 1.82) is 0 Å². The Kier molecular flexibility index (Phi) is 6.24. The average Bonchev–Trinajstić information content (AvgIpc) is 3.40. The van der Waals surface area contributed by atoms with Crippen LogP contribution in [0.25, 0.3) is 31.6 Å². The van der Waals surface area contributed by atoms with E-state index in [9.17, 15) is 9.59 Å². The Hall–Kier alpha value is -3.01. The minimum atomic E-state index is -0.192. The number of aromatic nitrogens is 3. The summed E-state index contributed by atoms with van der Waals surface area (Å²) in [6, 6.07) is 14.0. The second-order valence-electron chi connectivity index (χ2n) is 8.23. The summed E-state index contributed by atoms with van der Waals surface area (Å²) < 4.78 is 1.03. The second-order valence-corrected chi connectivity index (χ2v) is 11.3. The molecule has 3 heterocycles. The van der Waals surface area contributed by atoms with Crippen LogP contribution in [-0.2, 0) is 4.79 Å². The molecule has 172 valence electrons. The number of anilines is 1. The third-order valence-electron chi connectivity index (χ3n) is 5.43. The highest BCUT2D eigenvalue weighted by Gasteiger charge is 2.15. The molecule has 0 saturated carbocycles. The van der Waals surface area contributed by atoms with Crippen LogP contribution in [0.3, 0.4) is 0 Å². The van der Waals surface area contributed by atoms with Crippen molar-refractivity contribution >= 4 is 66.5 Å². The first-order valence-corrected chi connectivity index (χ1v) is 13.5. The summed E-state index contributed by atoms with van der Waals surface area (Å²) in [6.07, 6.45) is 0. The van der Waals surface area contributed by atoms with Gasteiger partial charge in [-0.2, -0.15) is 0 Å². The molecule has 5 aromatic rings. The van der Waals surface area contributed by atoms with E-state index in [1.165, 1.54) is 28.7 Å². The fraction of sp³-hybridized carbons (Fsp3) is 0.200. The SMILES string of the molecule is Cc1nc2ccc(NC(=O)CSc3nc4scc(-c5ccc(C(C)C)cc5)c4c(=O)[nH]3)cc2s1. The Labute approximate surface area is 208 Å². The lowest BCUT2D eigenvalue weighted by molar-refractivity contribution is -0.113. The number of hydrogen-bond donors (Lipinski definition) is 2. The van der Waals surface area contributed by atoms with Crippen molar-refractivity contribution in [2.45, 2.75) is 31.8 Å². The van der Waals surface area contributed by atoms with Crippen molar-refractivity contribution in [3.05, 3.63) is 68.8 Å². The van der Waals surface area contributed by atoms with Crippen LogP contribution in [0.1, 0.15) is 30.3 Å². The first-order valence-electron chi connectivity index (χ1n) is 10.8. The highest BCUT2D eigenvalue weighted by atomic mass is 32.2. The summed E-state index contributed by atoms with van der Waals surface area (Å²) in [5.74, 6) is 0.434. The van der Waals surface area contributed by atoms with E-state index in [4.69, 9.17) is 0 Å². The third kappa shape index (κ3) is 4.64. The zero-order valence-electron chi connectivity index (χ0n) is 18.8. The lowest BCUT2D eigenvalue weighted by Gasteiger charge is -2.07. The number of H-pyrrole nitrogens is 1. The first-order chi connectivity index (χ1) is 16.4. The first kappa shape index (κ1) is 22.8. The van der Waals surface area contributed by atoms with E-state index in [0.717, 1.165) is 32.0 Å². The van der Waals surface area contributed by atoms with Gasteiger partial charge in [-0.25, -0.2) is 9.97 Å². The van der Waals surface area contributed by atoms with E-state index >= 15 is 0 Å². The molecule has 0 radical (unpaired) electrons. The molecule has 0 aliphatic heterocycles. The molecule has 9 heteroatoms. The van der Waals surface area contributed by atoms with E-state index in [0.29, 0.717) is 21.3 Å². The maximum absolute atomic E-state index is 12.9. The minimum absolute atomic E-state index is 0.142. The Morgan fingerprint density at radius 2 is 1.94 bits per heavy atom. The van der Waals surface area contributed by atoms with Gasteiger partial charge in [0.05, 0.1) is 26.4 Å². The average molecular weight is 507 g/mol. The fourth-order valence-electron chi connectivity index (χ4n) is 3.71. The van der Waals surface area contributed by atoms with Crippen molar-refractivity contribution in [1.82, 2.24) is 15.0 Å². The van der Waals surface area contributed by atoms with E-state index in [1.54, 1.807) is 11.3 Å². The molecule has 2 aromatic carbocycles. The molecular weight excluding hydrogens is 485 g/mol. The number of nitrogens with zero attached hydrogens (tertiary/aromatic N) is 2. The lowest BCUT2D eigenvalue weighted by atomic mass is 9.99. The fourth-order valence-corrected chi connectivity index (χ4v) is 6.24. The Morgan fingerprint density at radius 3 is 2.71 bits per heavy atom. The van der Waals surface area contributed by atoms with Gasteiger partial charge in [0, 0.05) is 16.6 Å². The molecule has 5 rings (SSSR count). The monoisotopic (exact) mass is 506 g/mol. The van der Waals surface area contributed by atoms with E-state index < -0.39 is 0 Å². The number of amides is 1. The number of thiophene rings is 1. The zero-order valence-corrected chi connectivity index (χ0v) is 21.3. The number of benzene rings is 2. The predicted molar refractivity (Wildman–Crippen MR) is 143 cm³/mol. The molecule has 6 nitrogen and oxygen atoms in total. The number of aromatic amines is 1. The number of carbonyl (C=O) groups excluding carboxylic acids is 1. The van der Waals surface area contributed by atoms with Crippen molar-refractivity contribution < 1.29 is 4.79 Å². The van der Waals surface area contributed by atoms with Crippen LogP contribution in [0.2, 0.25) is 0 Å². The molecule has 34 heavy (non-hydrogen) atoms. The van der Waals surface area contributed by atoms with Crippen molar-refractivity contribution in [2.75, 3.05) is 11.1 Å². The Bertz CT molecular complexity index is 1570. The second kappa shape index (κ2) is 9.32. The molecule has 0 fully saturated rings. The van der Waals surface area contributed by atoms with Gasteiger partial charge in [-0.3, -0.25) is 9.59 Å². The van der Waals surface area contributed by atoms with E-state index in [-0.39, 0.29) is 17.2 Å². The summed E-state index contributed by atoms with van der Waals surface area (Å²) in [7, 11) is 0. The van der Waals surface area contributed by atoms with Crippen LogP contribution in [0.5, 0.6) is 0 Å². The summed E-state index contributed by atoms with van der Waals surface area (Å²) in [5, 5.41) is 6.89. The minimum Gasteiger partial charge on any atom is -0.325 e. The summed E-state index contributed by atoms with van der Waals surface area (Å²) in [6.45, 7) is 6.27. The number of hydrogen-bond acceptors (Lipinski definition) is 7. The largest absolute Gasteiger partial charge is 0.325 e. The number of nitrogens with one attached hydrogen (secondary N) is 2. The number of aryl methyl sites for hydroxylation is 1. The van der Waals surface area contributed by atoms with Gasteiger partial charge >= 0.3 is 0 Å². The van der Waals surface area contributed by atoms with Gasteiger partial charge in [-0.15, -0.1) is 22.7 Å². The van der Waals surface area contributed by atoms with Crippen LogP contribution < -0.4 is 10.9 Å². The van der Waals surface area contributed by atoms with Gasteiger partial charge in [0.15, 0.2) is 5.16 Å². The van der Waals surface area contributed by atoms with Crippen molar-refractivity contribution in [2.24, 2.45) is 0 Å². The molecule has 0 aliphatic rings. The van der Waals surface area contributed by atoms with E-state index in [2.05, 4.69) is 46.2 Å². The molecular formula is C25H22N4O2S3. The molecule has 1 amide bonds. The highest BCUT2D eigenvalue weighted by molar-refractivity contribution is 7.99. The van der Waals surface area contributed by atoms with Gasteiger partial charge in [-0.05, 0) is 42.2 Å². The van der Waals surface area contributed by atoms with Crippen LogP contribution >= 0.6 is 34.4 Å². The smallest absolute Gasteiger partial charge is 0.260 e. The number of thioether (sulfide) groups is 1. The van der Waals surface area contributed by atoms with Crippen LogP contribution in [0.15, 0.2) is 57.8 Å². The molecule has 0 bridgehead atoms. The quantitative estimate of drug-likeness (QED) is 0.205. The lowest BCUT2D eigenvalue weighted by Crippen LogP contribution is -2.15. The number of thiazole rings is 1. The standard InChI is InChI=1S/C25H22N4O2S3/c1-13(2)15-4-6-16(7-5-15)18-11-32-24-22(18)23(31)28-25(29-24)33-12-21(30)27-17-8-9-19-20(10-17)34-14(3)26-19/h4-11,13H,12H2,1-3H3,(H,27,30)(H,28,29,31). The van der Waals surface area contributed by atoms with E-state index in [1.807, 2.05) is 42.6 Å². The molecule has 0 spiro atoms. The normalized spacial score (nSPS) is 11.5. The molecule has 3 aromatic heterocycles. The Balaban J connectivity index is 1.30. The van der Waals surface area contributed by atoms with Crippen LogP contribution in [0.4, 0.5) is 5.69 Å². The van der Waals surface area contributed by atoms with Gasteiger partial charge in [0.1, 0.15) is 4.83 Å². The van der Waals surface area contributed by atoms with Crippen LogP contribution in [0, 0.1) is 6.92 Å². The summed E-state index contributed by atoms with van der Waals surface area (Å²) in [5.41, 5.74) is 4.60. The molecule has 0 atom stereocenters. The maximum atomic E-state index is 12.9. The molecule has 0 saturated heterocycles. The van der Waals surface area contributed by atoms with Gasteiger partial charge < -0.3 is 10.3 Å². The predicted octanol–water partition coefficient (Wildman–Crippen LogP) is 6.42. The summed E-state index contributed by atoms with van der Waals surface area (Å²) in [4.78, 5) is 37.9. The van der Waals surface area contributed by atoms with Gasteiger partial charge in [-0.1, -0.05) is 49.9 Å². The molecule has 0 aliphatic carbocycles. The number of rotatable bonds is 6. The summed E-state index contributed by atoms with van der Waals surface area (Å²) >= 11 is 4.24. The Morgan fingerprint density at radius 1 is 1.15 bits per heavy atom. The number of fused-ring (bicyclic) bond motifs is 2. The van der Waals surface area contributed by atoms with Gasteiger partial charge in [0.2, 0.25) is 5.91 Å². The van der Waals surface area contributed by atoms with Gasteiger partial charge in [0.25, 0.3) is 5.56 Å². The maximum Gasteiger partial charge on any atom is 0.260 e. The van der Waals surface area contributed by atoms with Crippen molar-refractivity contribution in [3.63, 3.8) is 0 Å².